The van der Waals surface area contributed by atoms with Gasteiger partial charge in [-0.15, -0.1) is 5.10 Å². The lowest BCUT2D eigenvalue weighted by Crippen LogP contribution is -2.43. The third kappa shape index (κ3) is 12.8. The van der Waals surface area contributed by atoms with E-state index in [0.29, 0.717) is 25.6 Å². The highest BCUT2D eigenvalue weighted by Gasteiger charge is 2.25. The van der Waals surface area contributed by atoms with E-state index >= 15 is 0 Å². The second-order valence-corrected chi connectivity index (χ2v) is 15.6. The molecular weight excluding hydrogens is 729 g/mol. The van der Waals surface area contributed by atoms with E-state index in [9.17, 15) is 9.59 Å². The van der Waals surface area contributed by atoms with Gasteiger partial charge in [0.1, 0.15) is 17.3 Å². The van der Waals surface area contributed by atoms with Gasteiger partial charge in [0.15, 0.2) is 0 Å². The Kier molecular flexibility index (Phi) is 15.9. The van der Waals surface area contributed by atoms with Gasteiger partial charge in [0, 0.05) is 48.4 Å². The fourth-order valence-corrected chi connectivity index (χ4v) is 7.79. The monoisotopic (exact) mass is 786 g/mol. The van der Waals surface area contributed by atoms with Gasteiger partial charge < -0.3 is 36.6 Å². The molecule has 15 nitrogen and oxygen atoms in total. The second kappa shape index (κ2) is 21.7. The molecule has 2 aromatic heterocycles. The molecule has 6 rings (SSSR count). The second-order valence-electron chi connectivity index (χ2n) is 14.7. The summed E-state index contributed by atoms with van der Waals surface area (Å²) < 4.78 is 9.84. The van der Waals surface area contributed by atoms with E-state index in [1.807, 2.05) is 64.3 Å². The van der Waals surface area contributed by atoms with Crippen LogP contribution in [0.5, 0.6) is 5.75 Å². The maximum atomic E-state index is 13.0. The van der Waals surface area contributed by atoms with E-state index in [0.717, 1.165) is 91.0 Å². The maximum absolute atomic E-state index is 13.0. The van der Waals surface area contributed by atoms with Gasteiger partial charge in [-0.25, -0.2) is 4.98 Å². The summed E-state index contributed by atoms with van der Waals surface area (Å²) in [5.74, 6) is 1.72. The lowest BCUT2D eigenvalue weighted by atomic mass is 9.95. The number of likely N-dealkylation sites (tertiary alicyclic amines) is 1. The zero-order valence-corrected chi connectivity index (χ0v) is 33.4. The number of methoxy groups -OCH3 is 1. The first-order chi connectivity index (χ1) is 27.4. The molecule has 2 fully saturated rings. The number of nitrogens with one attached hydrogen (secondary N) is 5. The summed E-state index contributed by atoms with van der Waals surface area (Å²) in [6, 6.07) is 15.4. The molecule has 1 saturated carbocycles. The van der Waals surface area contributed by atoms with Crippen LogP contribution in [-0.2, 0) is 22.7 Å². The van der Waals surface area contributed by atoms with E-state index in [4.69, 9.17) is 20.4 Å². The van der Waals surface area contributed by atoms with Gasteiger partial charge in [-0.1, -0.05) is 36.6 Å². The number of nitrogens with zero attached hydrogens (tertiary/aromatic N) is 6. The number of carbonyl (C=O) groups excluding carboxylic acids is 2. The minimum atomic E-state index is -0.773. The van der Waals surface area contributed by atoms with Crippen molar-refractivity contribution in [2.75, 3.05) is 50.5 Å². The first kappa shape index (κ1) is 41.1. The minimum Gasteiger partial charge on any atom is -0.497 e. The molecule has 7 N–H and O–H groups in total. The number of fused-ring (bicyclic) bond motifs is 1. The predicted octanol–water partition coefficient (Wildman–Crippen LogP) is 4.47. The van der Waals surface area contributed by atoms with Gasteiger partial charge >= 0.3 is 0 Å². The smallest absolute Gasteiger partial charge is 0.246 e. The Morgan fingerprint density at radius 2 is 1.73 bits per heavy atom. The molecule has 2 aliphatic rings. The molecular formula is C40H58N12O3S. The molecule has 0 unspecified atom stereocenters. The van der Waals surface area contributed by atoms with Crippen LogP contribution < -0.4 is 36.5 Å². The molecule has 0 spiro atoms. The number of carbonyl (C=O) groups is 2. The fourth-order valence-electron chi connectivity index (χ4n) is 7.14. The van der Waals surface area contributed by atoms with Crippen molar-refractivity contribution in [1.82, 2.24) is 45.2 Å². The van der Waals surface area contributed by atoms with Crippen molar-refractivity contribution in [3.8, 4) is 5.75 Å². The molecule has 16 heteroatoms. The highest BCUT2D eigenvalue weighted by molar-refractivity contribution is 7.98. The fraction of sp³-hybridized carbons (Fsp3) is 0.550. The summed E-state index contributed by atoms with van der Waals surface area (Å²) in [6.45, 7) is 5.56. The van der Waals surface area contributed by atoms with Crippen molar-refractivity contribution >= 4 is 46.4 Å². The number of hydrogen-bond acceptors (Lipinski definition) is 13. The zero-order valence-electron chi connectivity index (χ0n) is 32.5. The van der Waals surface area contributed by atoms with Crippen LogP contribution >= 0.6 is 11.9 Å². The predicted molar refractivity (Wildman–Crippen MR) is 221 cm³/mol. The van der Waals surface area contributed by atoms with Crippen LogP contribution in [0.25, 0.3) is 10.9 Å². The average molecular weight is 787 g/mol. The minimum absolute atomic E-state index is 0.00934. The van der Waals surface area contributed by atoms with Crippen LogP contribution in [-0.4, -0.2) is 99.6 Å². The number of anilines is 2. The van der Waals surface area contributed by atoms with Crippen LogP contribution in [0.4, 0.5) is 11.8 Å². The quantitative estimate of drug-likeness (QED) is 0.0514. The average Bonchev–Trinajstić information content (AvgIpc) is 3.70. The van der Waals surface area contributed by atoms with Crippen LogP contribution in [0.3, 0.4) is 0 Å². The van der Waals surface area contributed by atoms with Crippen molar-refractivity contribution in [2.45, 2.75) is 107 Å². The van der Waals surface area contributed by atoms with E-state index in [2.05, 4.69) is 36.3 Å². The Bertz CT molecular complexity index is 1810. The molecule has 0 radical (unpaired) electrons. The number of aromatic nitrogens is 5. The Morgan fingerprint density at radius 3 is 2.54 bits per heavy atom. The van der Waals surface area contributed by atoms with Crippen LogP contribution in [0.2, 0.25) is 0 Å². The van der Waals surface area contributed by atoms with Gasteiger partial charge in [0.25, 0.3) is 0 Å². The molecule has 3 heterocycles. The number of aryl methyl sites for hydroxylation is 1. The van der Waals surface area contributed by atoms with Crippen molar-refractivity contribution in [1.29, 1.82) is 0 Å². The third-order valence-electron chi connectivity index (χ3n) is 10.4. The van der Waals surface area contributed by atoms with Crippen molar-refractivity contribution in [2.24, 2.45) is 5.73 Å². The van der Waals surface area contributed by atoms with Gasteiger partial charge in [-0.05, 0) is 113 Å². The summed E-state index contributed by atoms with van der Waals surface area (Å²) in [6.07, 6.45) is 13.0. The Hall–Kier alpha value is -4.51. The number of para-hydroxylation sites is 1. The summed E-state index contributed by atoms with van der Waals surface area (Å²) in [5.41, 5.74) is 7.79. The first-order valence-corrected chi connectivity index (χ1v) is 21.0. The summed E-state index contributed by atoms with van der Waals surface area (Å²) >= 11 is 1.19. The van der Waals surface area contributed by atoms with Crippen LogP contribution in [0.1, 0.15) is 76.3 Å². The molecule has 1 atom stereocenters. The number of hydrogen-bond donors (Lipinski definition) is 6. The maximum Gasteiger partial charge on any atom is 0.246 e. The highest BCUT2D eigenvalue weighted by atomic mass is 32.2. The van der Waals surface area contributed by atoms with Gasteiger partial charge in [-0.2, -0.15) is 4.98 Å². The van der Waals surface area contributed by atoms with Crippen LogP contribution in [0, 0.1) is 0 Å². The van der Waals surface area contributed by atoms with E-state index in [1.54, 1.807) is 7.11 Å². The highest BCUT2D eigenvalue weighted by Crippen LogP contribution is 2.25. The number of benzene rings is 2. The topological polar surface area (TPSA) is 189 Å². The molecule has 1 aliphatic heterocycles. The van der Waals surface area contributed by atoms with Gasteiger partial charge in [0.05, 0.1) is 31.4 Å². The van der Waals surface area contributed by atoms with Crippen molar-refractivity contribution < 1.29 is 14.3 Å². The zero-order chi connectivity index (χ0) is 39.0. The normalized spacial score (nSPS) is 15.8. The number of ether oxygens (including phenoxy) is 1. The van der Waals surface area contributed by atoms with Crippen molar-refractivity contribution in [3.63, 3.8) is 0 Å². The molecule has 2 amide bonds. The van der Waals surface area contributed by atoms with E-state index in [-0.39, 0.29) is 30.7 Å². The third-order valence-corrected chi connectivity index (χ3v) is 11.3. The summed E-state index contributed by atoms with van der Waals surface area (Å²) in [5, 5.41) is 23.9. The summed E-state index contributed by atoms with van der Waals surface area (Å²) in [4.78, 5) is 37.9. The number of piperidine rings is 1. The molecule has 0 bridgehead atoms. The largest absolute Gasteiger partial charge is 0.497 e. The van der Waals surface area contributed by atoms with Gasteiger partial charge in [0.2, 0.25) is 17.8 Å². The van der Waals surface area contributed by atoms with E-state index in [1.165, 1.54) is 44.1 Å². The molecule has 302 valence electrons. The summed E-state index contributed by atoms with van der Waals surface area (Å²) in [7, 11) is 1.61. The standard InChI is InChI=1S/C40H58N12O3S/c1-55-32-13-15-33(16-14-32)56-49-39(54)35(41)17-18-37(53)51-25-19-30(20-26-51)45-38-34-11-5-6-12-36(34)46-40(47-38)44-27-31-28-52(50-48-31)24-8-22-42-21-7-23-43-29-9-3-2-4-10-29/h5-6,11-16,28-30,35,42-43H,2-4,7-10,17-27,41H2,1H3,(H,49,54)(H2,44,45,46,47)/t35-/m0/s1. The van der Waals surface area contributed by atoms with Crippen molar-refractivity contribution in [3.05, 3.63) is 60.4 Å². The number of rotatable bonds is 21. The molecule has 1 aliphatic carbocycles. The Morgan fingerprint density at radius 1 is 0.946 bits per heavy atom. The SMILES string of the molecule is COc1ccc(SNC(=O)[C@@H](N)CCC(=O)N2CCC(Nc3nc(NCc4cn(CCCNCCCNC5CCCCC5)nn4)nc4ccccc34)CC2)cc1. The van der Waals surface area contributed by atoms with Crippen LogP contribution in [0.15, 0.2) is 59.6 Å². The molecule has 56 heavy (non-hydrogen) atoms. The molecule has 1 saturated heterocycles. The molecule has 2 aromatic carbocycles. The van der Waals surface area contributed by atoms with Gasteiger partial charge in [-0.3, -0.25) is 19.0 Å². The Balaban J connectivity index is 0.891. The number of nitrogens with two attached hydrogens (primary N) is 1. The molecule has 4 aromatic rings. The van der Waals surface area contributed by atoms with E-state index < -0.39 is 6.04 Å². The first-order valence-electron chi connectivity index (χ1n) is 20.2. The Labute approximate surface area is 334 Å². The lowest BCUT2D eigenvalue weighted by Gasteiger charge is -2.33. The number of amides is 2. The lowest BCUT2D eigenvalue weighted by molar-refractivity contribution is -0.132.